The molecule has 0 amide bonds. The molecule has 0 saturated heterocycles. The predicted octanol–water partition coefficient (Wildman–Crippen LogP) is 33.3. The number of benzene rings is 17. The van der Waals surface area contributed by atoms with E-state index in [9.17, 15) is 0 Å². The highest BCUT2D eigenvalue weighted by atomic mass is 28.3. The Kier molecular flexibility index (Phi) is 27.1. The minimum absolute atomic E-state index is 0.575. The molecule has 0 nitrogen and oxygen atoms in total. The third-order valence-corrected chi connectivity index (χ3v) is 38.8. The van der Waals surface area contributed by atoms with Crippen LogP contribution in [0.5, 0.6) is 0 Å². The molecule has 0 radical (unpaired) electrons. The fourth-order valence-electron chi connectivity index (χ4n) is 18.6. The van der Waals surface area contributed by atoms with Gasteiger partial charge in [-0.2, -0.15) is 0 Å². The van der Waals surface area contributed by atoms with E-state index < -0.39 is 32.3 Å². The number of rotatable bonds is 6. The van der Waals surface area contributed by atoms with Crippen molar-refractivity contribution in [1.29, 1.82) is 0 Å². The van der Waals surface area contributed by atoms with Crippen LogP contribution >= 0.6 is 0 Å². The largest absolute Gasteiger partial charge is 0.146 e. The van der Waals surface area contributed by atoms with Crippen molar-refractivity contribution in [1.82, 2.24) is 0 Å². The topological polar surface area (TPSA) is 0 Å². The summed E-state index contributed by atoms with van der Waals surface area (Å²) < 4.78 is 0. The minimum Gasteiger partial charge on any atom is -0.127 e. The van der Waals surface area contributed by atoms with Crippen LogP contribution < -0.4 is 0 Å². The van der Waals surface area contributed by atoms with Gasteiger partial charge in [0.2, 0.25) is 0 Å². The molecular weight excluding hydrogens is 1530 g/mol. The maximum atomic E-state index is 4.11. The average Bonchev–Trinajstić information content (AvgIpc) is 0.773. The fraction of sp³-hybridized carbons (Fsp3) is 0.237. The van der Waals surface area contributed by atoms with Crippen molar-refractivity contribution in [3.8, 4) is 69.5 Å². The van der Waals surface area contributed by atoms with Crippen LogP contribution in [0.25, 0.3) is 129 Å². The minimum atomic E-state index is -1.97. The van der Waals surface area contributed by atoms with E-state index in [0.29, 0.717) is 33.2 Å². The molecule has 0 aliphatic heterocycles. The van der Waals surface area contributed by atoms with Crippen LogP contribution in [0.2, 0.25) is 72.5 Å². The van der Waals surface area contributed by atoms with Gasteiger partial charge in [0.25, 0.3) is 0 Å². The SMILES string of the molecule is C(#Cc1c2cc3ccccc3cc2c(C#Cc2ccccc2)c2cc3ccccc3cc12)c1ccccc1.CC.CC.CC(C)[Si](C#Cc1c2cc3ccccc3cc2c(C#C[Si](C(C)C)(C(C)C)C(C)C)c2cc3ccccc3cc12)(C(C)C)C(C)C.C[Si](C)(C)C#Cc1c2cc3ccccc3cc2c(C#C[Si](C)(C)C)c2cc3ccccc3cc12. The molecule has 0 bridgehead atoms. The van der Waals surface area contributed by atoms with Gasteiger partial charge in [0.05, 0.1) is 0 Å². The molecule has 0 N–H and O–H groups in total. The van der Waals surface area contributed by atoms with E-state index in [2.05, 4.69) is 435 Å². The van der Waals surface area contributed by atoms with E-state index in [1.54, 1.807) is 0 Å². The van der Waals surface area contributed by atoms with Crippen molar-refractivity contribution < 1.29 is 0 Å². The van der Waals surface area contributed by atoms with Gasteiger partial charge in [0.1, 0.15) is 32.3 Å². The van der Waals surface area contributed by atoms with Gasteiger partial charge >= 0.3 is 0 Å². The highest BCUT2D eigenvalue weighted by Gasteiger charge is 2.43. The molecule has 0 aliphatic rings. The summed E-state index contributed by atoms with van der Waals surface area (Å²) in [6.45, 7) is 50.7. The third-order valence-electron chi connectivity index (χ3n) is 24.4. The van der Waals surface area contributed by atoms with Crippen LogP contribution in [0.15, 0.2) is 279 Å². The fourth-order valence-corrected chi connectivity index (χ4v) is 30.0. The van der Waals surface area contributed by atoms with Gasteiger partial charge in [-0.3, -0.25) is 0 Å². The molecule has 606 valence electrons. The van der Waals surface area contributed by atoms with Gasteiger partial charge in [0.15, 0.2) is 0 Å². The van der Waals surface area contributed by atoms with Gasteiger partial charge in [-0.05, 0) is 260 Å². The van der Waals surface area contributed by atoms with E-state index in [4.69, 9.17) is 0 Å². The number of hydrogen-bond donors (Lipinski definition) is 0. The van der Waals surface area contributed by atoms with Crippen molar-refractivity contribution >= 4 is 162 Å². The summed E-state index contributed by atoms with van der Waals surface area (Å²) in [5.74, 6) is 29.3. The zero-order valence-corrected chi connectivity index (χ0v) is 80.0. The van der Waals surface area contributed by atoms with Crippen LogP contribution in [0.1, 0.15) is 155 Å². The molecule has 17 rings (SSSR count). The summed E-state index contributed by atoms with van der Waals surface area (Å²) in [6.07, 6.45) is 0. The highest BCUT2D eigenvalue weighted by Crippen LogP contribution is 2.46. The number of fused-ring (bicyclic) bond motifs is 12. The smallest absolute Gasteiger partial charge is 0.127 e. The predicted molar refractivity (Wildman–Crippen MR) is 553 cm³/mol. The van der Waals surface area contributed by atoms with E-state index in [-0.39, 0.29) is 0 Å². The molecule has 0 aromatic heterocycles. The summed E-state index contributed by atoms with van der Waals surface area (Å²) in [4.78, 5) is 0. The Bertz CT molecular complexity index is 6490. The first-order valence-electron chi connectivity index (χ1n) is 44.4. The van der Waals surface area contributed by atoms with Crippen molar-refractivity contribution in [2.75, 3.05) is 0 Å². The van der Waals surface area contributed by atoms with E-state index in [1.165, 1.54) is 119 Å². The lowest BCUT2D eigenvalue weighted by atomic mass is 9.88. The Morgan fingerprint density at radius 1 is 0.172 bits per heavy atom. The first kappa shape index (κ1) is 87.9. The molecule has 4 heteroatoms. The standard InChI is InChI=1S/C44H54Si2.C38H22.C32H30Si2.2C2H6/c1-29(2)45(30(3)4,31(5)6)23-21-39-41-25-35-17-13-15-19-37(35)27-43(41)40(22-24-46(32(7)8,33(9)10)34(11)12)44-28-38-20-16-14-18-36(38)26-42(39)44;1-3-11-27(12-4-1)19-21-33-35-23-29-15-7-9-17-31(29)25-37(35)34(22-20-28-13-5-2-6-14-28)38-26-32-18-10-8-16-30(32)24-36(33)38;1-33(2,3)17-15-27-29-19-23-11-7-9-13-25(23)21-31(29)28(16-18-34(4,5)6)32-22-26-14-10-8-12-24(26)20-30(27)32;2*1-2/h13-20,25-34H,1-12H3;1-18,23-26H;7-14,19-22H,1-6H3;2*1-2H3. The van der Waals surface area contributed by atoms with Crippen LogP contribution in [-0.4, -0.2) is 32.3 Å². The second kappa shape index (κ2) is 37.6. The third kappa shape index (κ3) is 18.3. The summed E-state index contributed by atoms with van der Waals surface area (Å²) in [5, 5.41) is 29.1. The molecule has 17 aromatic rings. The summed E-state index contributed by atoms with van der Waals surface area (Å²) in [7, 11) is -7.05. The maximum Gasteiger partial charge on any atom is 0.146 e. The van der Waals surface area contributed by atoms with Gasteiger partial charge in [-0.15, -0.1) is 22.2 Å². The van der Waals surface area contributed by atoms with Crippen LogP contribution in [0, 0.1) is 69.5 Å². The Hall–Kier alpha value is -11.9. The Balaban J connectivity index is 0.000000156. The first-order chi connectivity index (χ1) is 58.7. The number of hydrogen-bond acceptors (Lipinski definition) is 0. The summed E-state index contributed by atoms with van der Waals surface area (Å²) >= 11 is 0. The van der Waals surface area contributed by atoms with Gasteiger partial charge in [-0.1, -0.05) is 379 Å². The monoisotopic (exact) mass is 1650 g/mol. The molecule has 0 atom stereocenters. The van der Waals surface area contributed by atoms with Crippen molar-refractivity contribution in [3.63, 3.8) is 0 Å². The Morgan fingerprint density at radius 3 is 0.459 bits per heavy atom. The van der Waals surface area contributed by atoms with Crippen LogP contribution in [0.4, 0.5) is 0 Å². The zero-order chi connectivity index (χ0) is 87.0. The normalized spacial score (nSPS) is 11.6. The molecule has 0 saturated carbocycles. The molecule has 0 spiro atoms. The van der Waals surface area contributed by atoms with Gasteiger partial charge in [-0.25, -0.2) is 0 Å². The second-order valence-electron chi connectivity index (χ2n) is 36.2. The Labute approximate surface area is 732 Å². The van der Waals surface area contributed by atoms with Crippen molar-refractivity contribution in [3.05, 3.63) is 324 Å². The molecule has 0 fully saturated rings. The average molecular weight is 1650 g/mol. The molecule has 122 heavy (non-hydrogen) atoms. The molecule has 0 heterocycles. The lowest BCUT2D eigenvalue weighted by Crippen LogP contribution is -2.43. The molecule has 0 aliphatic carbocycles. The summed E-state index contributed by atoms with van der Waals surface area (Å²) in [6, 6.07) is 100. The molecule has 0 unspecified atom stereocenters. The maximum absolute atomic E-state index is 4.11. The summed E-state index contributed by atoms with van der Waals surface area (Å²) in [5.41, 5.74) is 27.7. The highest BCUT2D eigenvalue weighted by molar-refractivity contribution is 6.91. The lowest BCUT2D eigenvalue weighted by molar-refractivity contribution is 0.838. The van der Waals surface area contributed by atoms with Crippen molar-refractivity contribution in [2.45, 2.75) is 183 Å². The molecular formula is C118H118Si4. The van der Waals surface area contributed by atoms with E-state index >= 15 is 0 Å². The van der Waals surface area contributed by atoms with Gasteiger partial charge in [0, 0.05) is 44.5 Å². The second-order valence-corrected chi connectivity index (χ2v) is 56.9. The van der Waals surface area contributed by atoms with Crippen molar-refractivity contribution in [2.24, 2.45) is 0 Å². The molecule has 17 aromatic carbocycles. The Morgan fingerprint density at radius 2 is 0.311 bits per heavy atom. The zero-order valence-electron chi connectivity index (χ0n) is 76.0. The van der Waals surface area contributed by atoms with Crippen LogP contribution in [-0.2, 0) is 0 Å². The van der Waals surface area contributed by atoms with E-state index in [1.807, 2.05) is 64.1 Å². The quantitative estimate of drug-likeness (QED) is 0.0884. The van der Waals surface area contributed by atoms with Crippen LogP contribution in [0.3, 0.4) is 0 Å². The first-order valence-corrected chi connectivity index (χ1v) is 55.8. The lowest BCUT2D eigenvalue weighted by Gasteiger charge is -2.38. The van der Waals surface area contributed by atoms with E-state index in [0.717, 1.165) is 54.9 Å². The van der Waals surface area contributed by atoms with Gasteiger partial charge < -0.3 is 0 Å².